The summed E-state index contributed by atoms with van der Waals surface area (Å²) in [4.78, 5) is 16.5. The summed E-state index contributed by atoms with van der Waals surface area (Å²) in [6.07, 6.45) is 0.483. The van der Waals surface area contributed by atoms with E-state index in [1.807, 2.05) is 30.3 Å². The van der Waals surface area contributed by atoms with Crippen molar-refractivity contribution in [3.05, 3.63) is 35.9 Å². The smallest absolute Gasteiger partial charge is 0.249 e. The van der Waals surface area contributed by atoms with Crippen LogP contribution in [0.25, 0.3) is 0 Å². The Morgan fingerprint density at radius 2 is 2.06 bits per heavy atom. The Kier molecular flexibility index (Phi) is 3.38. The first kappa shape index (κ1) is 11.7. The number of carbonyl (C=O) groups is 1. The second-order valence-corrected chi connectivity index (χ2v) is 5.30. The summed E-state index contributed by atoms with van der Waals surface area (Å²) in [5, 5.41) is 0. The van der Waals surface area contributed by atoms with Crippen LogP contribution < -0.4 is 5.48 Å². The first-order valence-corrected chi connectivity index (χ1v) is 5.68. The zero-order chi connectivity index (χ0) is 11.6. The molecule has 1 atom stereocenters. The van der Waals surface area contributed by atoms with Crippen LogP contribution in [0.15, 0.2) is 30.3 Å². The van der Waals surface area contributed by atoms with Gasteiger partial charge in [-0.05, 0) is 12.0 Å². The van der Waals surface area contributed by atoms with Gasteiger partial charge in [0, 0.05) is 0 Å². The molecule has 2 rings (SSSR count). The van der Waals surface area contributed by atoms with Crippen molar-refractivity contribution in [3.8, 4) is 0 Å². The molecule has 0 radical (unpaired) electrons. The predicted molar refractivity (Wildman–Crippen MR) is 61.9 cm³/mol. The molecule has 0 bridgehead atoms. The standard InChI is InChI=1S/C11H11Cl2NO2/c12-11(13)6-9(11)10(15)14-16-7-8-4-2-1-3-5-8/h1-5,9H,6-7H2,(H,14,15). The van der Waals surface area contributed by atoms with E-state index >= 15 is 0 Å². The SMILES string of the molecule is O=C(NOCc1ccccc1)C1CC1(Cl)Cl. The number of alkyl halides is 2. The monoisotopic (exact) mass is 259 g/mol. The maximum absolute atomic E-state index is 11.4. The summed E-state index contributed by atoms with van der Waals surface area (Å²) in [5.41, 5.74) is 3.33. The molecule has 0 spiro atoms. The van der Waals surface area contributed by atoms with Crippen LogP contribution >= 0.6 is 23.2 Å². The summed E-state index contributed by atoms with van der Waals surface area (Å²) >= 11 is 11.5. The maximum Gasteiger partial charge on any atom is 0.249 e. The van der Waals surface area contributed by atoms with E-state index in [0.717, 1.165) is 5.56 Å². The lowest BCUT2D eigenvalue weighted by molar-refractivity contribution is -0.135. The molecule has 5 heteroatoms. The number of hydrogen-bond acceptors (Lipinski definition) is 2. The van der Waals surface area contributed by atoms with Crippen molar-refractivity contribution in [2.45, 2.75) is 17.4 Å². The third-order valence-corrected chi connectivity index (χ3v) is 3.23. The van der Waals surface area contributed by atoms with Gasteiger partial charge in [0.15, 0.2) is 0 Å². The largest absolute Gasteiger partial charge is 0.272 e. The van der Waals surface area contributed by atoms with Gasteiger partial charge in [0.2, 0.25) is 5.91 Å². The van der Waals surface area contributed by atoms with Gasteiger partial charge in [-0.25, -0.2) is 5.48 Å². The molecule has 0 saturated heterocycles. The second-order valence-electron chi connectivity index (χ2n) is 3.76. The van der Waals surface area contributed by atoms with Crippen LogP contribution in [0.5, 0.6) is 0 Å². The highest BCUT2D eigenvalue weighted by atomic mass is 35.5. The zero-order valence-corrected chi connectivity index (χ0v) is 9.96. The van der Waals surface area contributed by atoms with E-state index in [4.69, 9.17) is 28.0 Å². The molecule has 16 heavy (non-hydrogen) atoms. The number of hydroxylamine groups is 1. The molecule has 1 aromatic carbocycles. The summed E-state index contributed by atoms with van der Waals surface area (Å²) in [6.45, 7) is 0.330. The van der Waals surface area contributed by atoms with Crippen LogP contribution in [-0.2, 0) is 16.2 Å². The normalized spacial score (nSPS) is 21.5. The second kappa shape index (κ2) is 4.62. The van der Waals surface area contributed by atoms with Gasteiger partial charge in [-0.3, -0.25) is 9.63 Å². The van der Waals surface area contributed by atoms with Crippen LogP contribution in [0, 0.1) is 5.92 Å². The fraction of sp³-hybridized carbons (Fsp3) is 0.364. The molecule has 0 heterocycles. The summed E-state index contributed by atoms with van der Waals surface area (Å²) in [6, 6.07) is 9.56. The lowest BCUT2D eigenvalue weighted by Crippen LogP contribution is -2.26. The van der Waals surface area contributed by atoms with E-state index < -0.39 is 4.33 Å². The molecule has 1 amide bonds. The lowest BCUT2D eigenvalue weighted by Gasteiger charge is -2.05. The van der Waals surface area contributed by atoms with E-state index in [1.54, 1.807) is 0 Å². The Bertz CT molecular complexity index is 381. The number of hydrogen-bond donors (Lipinski definition) is 1. The van der Waals surface area contributed by atoms with Gasteiger partial charge in [0.05, 0.1) is 12.5 Å². The first-order valence-electron chi connectivity index (χ1n) is 4.93. The molecular weight excluding hydrogens is 249 g/mol. The fourth-order valence-corrected chi connectivity index (χ4v) is 1.84. The number of halogens is 2. The molecular formula is C11H11Cl2NO2. The summed E-state index contributed by atoms with van der Waals surface area (Å²) in [7, 11) is 0. The maximum atomic E-state index is 11.4. The van der Waals surface area contributed by atoms with Gasteiger partial charge >= 0.3 is 0 Å². The van der Waals surface area contributed by atoms with Crippen LogP contribution in [0.4, 0.5) is 0 Å². The Morgan fingerprint density at radius 3 is 2.62 bits per heavy atom. The highest BCUT2D eigenvalue weighted by Crippen LogP contribution is 2.53. The van der Waals surface area contributed by atoms with Crippen molar-refractivity contribution in [1.29, 1.82) is 0 Å². The molecule has 0 aliphatic heterocycles. The zero-order valence-electron chi connectivity index (χ0n) is 8.45. The minimum atomic E-state index is -0.903. The average molecular weight is 260 g/mol. The number of nitrogens with one attached hydrogen (secondary N) is 1. The van der Waals surface area contributed by atoms with E-state index in [1.165, 1.54) is 0 Å². The summed E-state index contributed by atoms with van der Waals surface area (Å²) in [5.74, 6) is -0.618. The van der Waals surface area contributed by atoms with Crippen molar-refractivity contribution in [2.24, 2.45) is 5.92 Å². The number of carbonyl (C=O) groups excluding carboxylic acids is 1. The van der Waals surface area contributed by atoms with Crippen molar-refractivity contribution in [1.82, 2.24) is 5.48 Å². The third-order valence-electron chi connectivity index (χ3n) is 2.40. The quantitative estimate of drug-likeness (QED) is 0.667. The first-order chi connectivity index (χ1) is 7.59. The van der Waals surface area contributed by atoms with Crippen molar-refractivity contribution >= 4 is 29.1 Å². The number of benzene rings is 1. The van der Waals surface area contributed by atoms with E-state index in [2.05, 4.69) is 5.48 Å². The Balaban J connectivity index is 1.71. The van der Waals surface area contributed by atoms with Crippen LogP contribution in [0.1, 0.15) is 12.0 Å². The molecule has 86 valence electrons. The Morgan fingerprint density at radius 1 is 1.44 bits per heavy atom. The minimum absolute atomic E-state index is 0.263. The van der Waals surface area contributed by atoms with Crippen molar-refractivity contribution in [2.75, 3.05) is 0 Å². The molecule has 1 aliphatic carbocycles. The molecule has 1 saturated carbocycles. The third kappa shape index (κ3) is 2.88. The van der Waals surface area contributed by atoms with E-state index in [-0.39, 0.29) is 11.8 Å². The Labute approximate surface area is 104 Å². The highest BCUT2D eigenvalue weighted by Gasteiger charge is 2.56. The summed E-state index contributed by atoms with van der Waals surface area (Å²) < 4.78 is -0.903. The molecule has 1 aliphatic rings. The predicted octanol–water partition coefficient (Wildman–Crippen LogP) is 2.43. The fourth-order valence-electron chi connectivity index (χ4n) is 1.33. The van der Waals surface area contributed by atoms with Crippen molar-refractivity contribution in [3.63, 3.8) is 0 Å². The lowest BCUT2D eigenvalue weighted by atomic mass is 10.2. The van der Waals surface area contributed by atoms with Crippen LogP contribution in [0.2, 0.25) is 0 Å². The molecule has 1 N–H and O–H groups in total. The molecule has 1 fully saturated rings. The molecule has 1 unspecified atom stereocenters. The molecule has 0 aromatic heterocycles. The number of amides is 1. The van der Waals surface area contributed by atoms with Gasteiger partial charge < -0.3 is 0 Å². The topological polar surface area (TPSA) is 38.3 Å². The number of rotatable bonds is 4. The van der Waals surface area contributed by atoms with Gasteiger partial charge in [0.1, 0.15) is 4.33 Å². The van der Waals surface area contributed by atoms with Crippen LogP contribution in [0.3, 0.4) is 0 Å². The highest BCUT2D eigenvalue weighted by molar-refractivity contribution is 6.52. The van der Waals surface area contributed by atoms with Gasteiger partial charge in [-0.1, -0.05) is 30.3 Å². The van der Waals surface area contributed by atoms with Gasteiger partial charge in [0.25, 0.3) is 0 Å². The van der Waals surface area contributed by atoms with Crippen molar-refractivity contribution < 1.29 is 9.63 Å². The van der Waals surface area contributed by atoms with Crippen LogP contribution in [-0.4, -0.2) is 10.2 Å². The van der Waals surface area contributed by atoms with Gasteiger partial charge in [-0.2, -0.15) is 0 Å². The van der Waals surface area contributed by atoms with E-state index in [9.17, 15) is 4.79 Å². The molecule has 3 nitrogen and oxygen atoms in total. The average Bonchev–Trinajstić information content (AvgIpc) is 2.89. The molecule has 1 aromatic rings. The van der Waals surface area contributed by atoms with Gasteiger partial charge in [-0.15, -0.1) is 23.2 Å². The Hall–Kier alpha value is -0.770. The van der Waals surface area contributed by atoms with E-state index in [0.29, 0.717) is 13.0 Å². The minimum Gasteiger partial charge on any atom is -0.272 e.